The van der Waals surface area contributed by atoms with Gasteiger partial charge in [-0.25, -0.2) is 4.79 Å². The minimum atomic E-state index is -0.162. The molecule has 1 saturated heterocycles. The van der Waals surface area contributed by atoms with Gasteiger partial charge in [-0.1, -0.05) is 38.7 Å². The van der Waals surface area contributed by atoms with Crippen molar-refractivity contribution in [2.45, 2.75) is 45.1 Å². The van der Waals surface area contributed by atoms with E-state index in [1.165, 1.54) is 19.3 Å². The van der Waals surface area contributed by atoms with Crippen molar-refractivity contribution in [2.24, 2.45) is 0 Å². The maximum atomic E-state index is 11.5. The summed E-state index contributed by atoms with van der Waals surface area (Å²) < 4.78 is 0. The molecule has 16 heavy (non-hydrogen) atoms. The molecule has 0 radical (unpaired) electrons. The van der Waals surface area contributed by atoms with E-state index in [9.17, 15) is 4.79 Å². The fourth-order valence-corrected chi connectivity index (χ4v) is 1.98. The van der Waals surface area contributed by atoms with Gasteiger partial charge in [0.15, 0.2) is 0 Å². The molecule has 4 heteroatoms. The number of rotatable bonds is 7. The van der Waals surface area contributed by atoms with Crippen LogP contribution in [0.1, 0.15) is 39.0 Å². The number of carbonyl (C=O) groups is 1. The zero-order valence-electron chi connectivity index (χ0n) is 9.96. The molecule has 0 aliphatic carbocycles. The van der Waals surface area contributed by atoms with Crippen LogP contribution in [-0.2, 0) is 0 Å². The SMILES string of the molecule is C=CCN1C(=O)NC(=N)C1CCCCCC. The molecule has 1 atom stereocenters. The first-order valence-corrected chi connectivity index (χ1v) is 5.97. The third-order valence-corrected chi connectivity index (χ3v) is 2.87. The van der Waals surface area contributed by atoms with Crippen molar-refractivity contribution in [2.75, 3.05) is 6.54 Å². The first-order chi connectivity index (χ1) is 7.70. The van der Waals surface area contributed by atoms with E-state index >= 15 is 0 Å². The second kappa shape index (κ2) is 6.30. The van der Waals surface area contributed by atoms with E-state index in [4.69, 9.17) is 5.41 Å². The van der Waals surface area contributed by atoms with Gasteiger partial charge in [0.05, 0.1) is 6.04 Å². The topological polar surface area (TPSA) is 56.2 Å². The van der Waals surface area contributed by atoms with Crippen molar-refractivity contribution >= 4 is 11.9 Å². The van der Waals surface area contributed by atoms with Gasteiger partial charge in [-0.15, -0.1) is 6.58 Å². The van der Waals surface area contributed by atoms with Gasteiger partial charge in [-0.2, -0.15) is 0 Å². The van der Waals surface area contributed by atoms with Gasteiger partial charge in [0.1, 0.15) is 5.84 Å². The predicted molar refractivity (Wildman–Crippen MR) is 65.7 cm³/mol. The van der Waals surface area contributed by atoms with Gasteiger partial charge < -0.3 is 4.90 Å². The minimum absolute atomic E-state index is 0.0673. The third-order valence-electron chi connectivity index (χ3n) is 2.87. The number of hydrogen-bond donors (Lipinski definition) is 2. The van der Waals surface area contributed by atoms with Gasteiger partial charge in [-0.3, -0.25) is 10.7 Å². The van der Waals surface area contributed by atoms with Crippen molar-refractivity contribution in [3.8, 4) is 0 Å². The van der Waals surface area contributed by atoms with Crippen molar-refractivity contribution in [3.05, 3.63) is 12.7 Å². The summed E-state index contributed by atoms with van der Waals surface area (Å²) in [5.74, 6) is 0.336. The van der Waals surface area contributed by atoms with Crippen molar-refractivity contribution < 1.29 is 4.79 Å². The van der Waals surface area contributed by atoms with Gasteiger partial charge >= 0.3 is 6.03 Å². The maximum Gasteiger partial charge on any atom is 0.323 e. The number of hydrogen-bond acceptors (Lipinski definition) is 2. The van der Waals surface area contributed by atoms with Crippen LogP contribution in [0.3, 0.4) is 0 Å². The molecule has 0 aromatic carbocycles. The molecule has 0 aromatic heterocycles. The predicted octanol–water partition coefficient (Wildman–Crippen LogP) is 2.51. The number of carbonyl (C=O) groups excluding carboxylic acids is 1. The first kappa shape index (κ1) is 12.7. The van der Waals surface area contributed by atoms with Crippen LogP contribution in [0, 0.1) is 5.41 Å². The lowest BCUT2D eigenvalue weighted by Gasteiger charge is -2.20. The Morgan fingerprint density at radius 1 is 1.50 bits per heavy atom. The Kier molecular flexibility index (Phi) is 5.02. The summed E-state index contributed by atoms with van der Waals surface area (Å²) in [5, 5.41) is 10.3. The van der Waals surface area contributed by atoms with E-state index in [-0.39, 0.29) is 12.1 Å². The number of unbranched alkanes of at least 4 members (excludes halogenated alkanes) is 3. The Balaban J connectivity index is 2.44. The Hall–Kier alpha value is -1.32. The minimum Gasteiger partial charge on any atom is -0.311 e. The van der Waals surface area contributed by atoms with E-state index in [0.717, 1.165) is 12.8 Å². The van der Waals surface area contributed by atoms with Crippen molar-refractivity contribution in [3.63, 3.8) is 0 Å². The lowest BCUT2D eigenvalue weighted by atomic mass is 10.1. The van der Waals surface area contributed by atoms with E-state index in [0.29, 0.717) is 12.4 Å². The molecule has 1 aliphatic heterocycles. The van der Waals surface area contributed by atoms with Crippen LogP contribution in [0.15, 0.2) is 12.7 Å². The normalized spacial score (nSPS) is 20.1. The number of urea groups is 1. The molecular weight excluding hydrogens is 202 g/mol. The molecule has 1 fully saturated rings. The maximum absolute atomic E-state index is 11.5. The Labute approximate surface area is 97.2 Å². The molecule has 0 bridgehead atoms. The van der Waals surface area contributed by atoms with Crippen LogP contribution >= 0.6 is 0 Å². The van der Waals surface area contributed by atoms with E-state index in [1.54, 1.807) is 11.0 Å². The van der Waals surface area contributed by atoms with Crippen LogP contribution in [-0.4, -0.2) is 29.4 Å². The number of amidine groups is 1. The number of amides is 2. The lowest BCUT2D eigenvalue weighted by Crippen LogP contribution is -2.35. The van der Waals surface area contributed by atoms with Crippen LogP contribution in [0.2, 0.25) is 0 Å². The van der Waals surface area contributed by atoms with E-state index in [1.807, 2.05) is 0 Å². The zero-order valence-corrected chi connectivity index (χ0v) is 9.96. The molecule has 0 saturated carbocycles. The number of nitrogens with zero attached hydrogens (tertiary/aromatic N) is 1. The van der Waals surface area contributed by atoms with Crippen LogP contribution in [0.25, 0.3) is 0 Å². The van der Waals surface area contributed by atoms with Crippen LogP contribution < -0.4 is 5.32 Å². The molecule has 90 valence electrons. The van der Waals surface area contributed by atoms with E-state index < -0.39 is 0 Å². The number of nitrogens with one attached hydrogen (secondary N) is 2. The summed E-state index contributed by atoms with van der Waals surface area (Å²) in [6.45, 7) is 6.33. The summed E-state index contributed by atoms with van der Waals surface area (Å²) in [7, 11) is 0. The second-order valence-electron chi connectivity index (χ2n) is 4.15. The summed E-state index contributed by atoms with van der Waals surface area (Å²) in [5.41, 5.74) is 0. The smallest absolute Gasteiger partial charge is 0.311 e. The quantitative estimate of drug-likeness (QED) is 0.505. The van der Waals surface area contributed by atoms with E-state index in [2.05, 4.69) is 18.8 Å². The highest BCUT2D eigenvalue weighted by Gasteiger charge is 2.33. The Morgan fingerprint density at radius 3 is 2.88 bits per heavy atom. The van der Waals surface area contributed by atoms with Gasteiger partial charge in [0, 0.05) is 6.54 Å². The average molecular weight is 223 g/mol. The highest BCUT2D eigenvalue weighted by atomic mass is 16.2. The largest absolute Gasteiger partial charge is 0.323 e. The third kappa shape index (κ3) is 3.08. The van der Waals surface area contributed by atoms with Crippen LogP contribution in [0.4, 0.5) is 4.79 Å². The van der Waals surface area contributed by atoms with Crippen LogP contribution in [0.5, 0.6) is 0 Å². The zero-order chi connectivity index (χ0) is 12.0. The monoisotopic (exact) mass is 223 g/mol. The molecule has 1 unspecified atom stereocenters. The van der Waals surface area contributed by atoms with Gasteiger partial charge in [0.2, 0.25) is 0 Å². The lowest BCUT2D eigenvalue weighted by molar-refractivity contribution is 0.209. The molecule has 4 nitrogen and oxygen atoms in total. The molecule has 1 aliphatic rings. The molecule has 1 heterocycles. The van der Waals surface area contributed by atoms with Crippen molar-refractivity contribution in [1.29, 1.82) is 5.41 Å². The summed E-state index contributed by atoms with van der Waals surface area (Å²) >= 11 is 0. The summed E-state index contributed by atoms with van der Waals surface area (Å²) in [6, 6.07) is -0.229. The molecule has 0 spiro atoms. The molecular formula is C12H21N3O. The summed E-state index contributed by atoms with van der Waals surface area (Å²) in [6.07, 6.45) is 7.26. The standard InChI is InChI=1S/C12H21N3O/c1-3-5-6-7-8-10-11(13)14-12(16)15(10)9-4-2/h4,10H,2-3,5-9H2,1H3,(H2,13,14,16). The Morgan fingerprint density at radius 2 is 2.25 bits per heavy atom. The summed E-state index contributed by atoms with van der Waals surface area (Å²) in [4.78, 5) is 13.2. The van der Waals surface area contributed by atoms with Gasteiger partial charge in [-0.05, 0) is 6.42 Å². The first-order valence-electron chi connectivity index (χ1n) is 5.97. The fraction of sp³-hybridized carbons (Fsp3) is 0.667. The molecule has 1 rings (SSSR count). The highest BCUT2D eigenvalue weighted by Crippen LogP contribution is 2.16. The van der Waals surface area contributed by atoms with Gasteiger partial charge in [0.25, 0.3) is 0 Å². The average Bonchev–Trinajstić information content (AvgIpc) is 2.51. The Bertz CT molecular complexity index is 275. The van der Waals surface area contributed by atoms with Crippen molar-refractivity contribution in [1.82, 2.24) is 10.2 Å². The molecule has 2 N–H and O–H groups in total. The fourth-order valence-electron chi connectivity index (χ4n) is 1.98. The second-order valence-corrected chi connectivity index (χ2v) is 4.15. The molecule has 0 aromatic rings. The molecule has 2 amide bonds. The highest BCUT2D eigenvalue weighted by molar-refractivity contribution is 6.05.